The monoisotopic (exact) mass is 293 g/mol. The van der Waals surface area contributed by atoms with Gasteiger partial charge in [-0.2, -0.15) is 0 Å². The number of carbonyl (C=O) groups excluding carboxylic acids is 2. The number of aromatic nitrogens is 3. The number of amides is 2. The van der Waals surface area contributed by atoms with Gasteiger partial charge in [0.05, 0.1) is 12.2 Å². The number of carbonyl (C=O) groups is 2. The van der Waals surface area contributed by atoms with Crippen molar-refractivity contribution in [2.75, 3.05) is 0 Å². The van der Waals surface area contributed by atoms with Crippen LogP contribution in [0.3, 0.4) is 0 Å². The molecule has 2 aliphatic carbocycles. The van der Waals surface area contributed by atoms with Crippen LogP contribution >= 0.6 is 0 Å². The number of nitrogens with two attached hydrogens (primary N) is 1. The summed E-state index contributed by atoms with van der Waals surface area (Å²) in [6, 6.07) is 0.497. The molecule has 1 aromatic rings. The second-order valence-electron chi connectivity index (χ2n) is 5.70. The lowest BCUT2D eigenvalue weighted by atomic mass is 9.93. The van der Waals surface area contributed by atoms with Crippen molar-refractivity contribution in [1.82, 2.24) is 20.3 Å². The predicted molar refractivity (Wildman–Crippen MR) is 72.5 cm³/mol. The average Bonchev–Trinajstić information content (AvgIpc) is 3.18. The summed E-state index contributed by atoms with van der Waals surface area (Å²) in [5, 5.41) is 10.8. The van der Waals surface area contributed by atoms with Crippen LogP contribution in [0.4, 0.5) is 4.79 Å². The number of rotatable bonds is 4. The molecule has 0 spiro atoms. The van der Waals surface area contributed by atoms with Gasteiger partial charge in [-0.3, -0.25) is 4.79 Å². The largest absolute Gasteiger partial charge is 0.446 e. The molecule has 0 aromatic carbocycles. The van der Waals surface area contributed by atoms with Gasteiger partial charge >= 0.3 is 6.09 Å². The first kappa shape index (κ1) is 13.8. The number of primary amides is 1. The Morgan fingerprint density at radius 2 is 1.95 bits per heavy atom. The molecule has 1 heterocycles. The van der Waals surface area contributed by atoms with E-state index in [9.17, 15) is 9.59 Å². The average molecular weight is 293 g/mol. The van der Waals surface area contributed by atoms with Crippen molar-refractivity contribution in [2.24, 2.45) is 5.73 Å². The van der Waals surface area contributed by atoms with Gasteiger partial charge in [0, 0.05) is 6.04 Å². The Balaban J connectivity index is 1.47. The molecule has 8 heteroatoms. The van der Waals surface area contributed by atoms with Gasteiger partial charge in [-0.05, 0) is 38.5 Å². The fraction of sp³-hybridized carbons (Fsp3) is 0.692. The normalized spacial score (nSPS) is 25.3. The molecule has 0 atom stereocenters. The molecule has 2 saturated carbocycles. The summed E-state index contributed by atoms with van der Waals surface area (Å²) in [4.78, 5) is 22.8. The van der Waals surface area contributed by atoms with Gasteiger partial charge in [0.15, 0.2) is 5.69 Å². The SMILES string of the molecule is NC(=O)OC1CCC(NC(=O)c2cn(C3CC3)nn2)CC1. The van der Waals surface area contributed by atoms with Crippen molar-refractivity contribution in [3.05, 3.63) is 11.9 Å². The van der Waals surface area contributed by atoms with Crippen LogP contribution in [-0.4, -0.2) is 39.1 Å². The minimum Gasteiger partial charge on any atom is -0.446 e. The van der Waals surface area contributed by atoms with E-state index in [1.54, 1.807) is 10.9 Å². The number of ether oxygens (including phenoxy) is 1. The smallest absolute Gasteiger partial charge is 0.404 e. The number of nitrogens with one attached hydrogen (secondary N) is 1. The maximum Gasteiger partial charge on any atom is 0.404 e. The number of nitrogens with zero attached hydrogens (tertiary/aromatic N) is 3. The Morgan fingerprint density at radius 1 is 1.24 bits per heavy atom. The van der Waals surface area contributed by atoms with Gasteiger partial charge in [0.1, 0.15) is 6.10 Å². The summed E-state index contributed by atoms with van der Waals surface area (Å²) in [6.45, 7) is 0. The Bertz CT molecular complexity index is 532. The fourth-order valence-electron chi connectivity index (χ4n) is 2.65. The third kappa shape index (κ3) is 3.50. The van der Waals surface area contributed by atoms with Crippen LogP contribution < -0.4 is 11.1 Å². The number of hydrogen-bond acceptors (Lipinski definition) is 5. The minimum atomic E-state index is -0.737. The summed E-state index contributed by atoms with van der Waals surface area (Å²) in [7, 11) is 0. The first-order valence-electron chi connectivity index (χ1n) is 7.30. The van der Waals surface area contributed by atoms with Crippen LogP contribution in [0.25, 0.3) is 0 Å². The lowest BCUT2D eigenvalue weighted by Gasteiger charge is -2.28. The first-order chi connectivity index (χ1) is 10.1. The maximum absolute atomic E-state index is 12.1. The molecule has 2 aliphatic rings. The first-order valence-corrected chi connectivity index (χ1v) is 7.30. The van der Waals surface area contributed by atoms with Crippen LogP contribution in [0, 0.1) is 0 Å². The van der Waals surface area contributed by atoms with Gasteiger partial charge in [0.25, 0.3) is 5.91 Å². The Hall–Kier alpha value is -2.12. The second kappa shape index (κ2) is 5.71. The summed E-state index contributed by atoms with van der Waals surface area (Å²) in [5.41, 5.74) is 5.36. The fourth-order valence-corrected chi connectivity index (χ4v) is 2.65. The van der Waals surface area contributed by atoms with Crippen LogP contribution in [0.15, 0.2) is 6.20 Å². The molecular formula is C13H19N5O3. The summed E-state index contributed by atoms with van der Waals surface area (Å²) < 4.78 is 6.72. The standard InChI is InChI=1S/C13H19N5O3/c14-13(20)21-10-5-1-8(2-6-10)15-12(19)11-7-18(17-16-11)9-3-4-9/h7-10H,1-6H2,(H2,14,20)(H,15,19). The highest BCUT2D eigenvalue weighted by molar-refractivity contribution is 5.92. The van der Waals surface area contributed by atoms with E-state index in [-0.39, 0.29) is 18.1 Å². The lowest BCUT2D eigenvalue weighted by molar-refractivity contribution is 0.0709. The van der Waals surface area contributed by atoms with E-state index in [4.69, 9.17) is 10.5 Å². The zero-order valence-corrected chi connectivity index (χ0v) is 11.7. The Morgan fingerprint density at radius 3 is 2.57 bits per heavy atom. The third-order valence-electron chi connectivity index (χ3n) is 3.96. The molecule has 3 rings (SSSR count). The zero-order chi connectivity index (χ0) is 14.8. The Labute approximate surface area is 122 Å². The van der Waals surface area contributed by atoms with E-state index in [1.165, 1.54) is 0 Å². The van der Waals surface area contributed by atoms with E-state index in [2.05, 4.69) is 15.6 Å². The highest BCUT2D eigenvalue weighted by atomic mass is 16.6. The molecule has 0 saturated heterocycles. The van der Waals surface area contributed by atoms with Gasteiger partial charge in [-0.1, -0.05) is 5.21 Å². The molecule has 3 N–H and O–H groups in total. The van der Waals surface area contributed by atoms with E-state index in [1.807, 2.05) is 0 Å². The molecule has 0 bridgehead atoms. The maximum atomic E-state index is 12.1. The van der Waals surface area contributed by atoms with Crippen molar-refractivity contribution in [1.29, 1.82) is 0 Å². The molecular weight excluding hydrogens is 274 g/mol. The molecule has 2 fully saturated rings. The van der Waals surface area contributed by atoms with Crippen molar-refractivity contribution in [2.45, 2.75) is 56.7 Å². The molecule has 2 amide bonds. The molecule has 1 aromatic heterocycles. The summed E-state index contributed by atoms with van der Waals surface area (Å²) >= 11 is 0. The van der Waals surface area contributed by atoms with E-state index in [0.29, 0.717) is 24.6 Å². The zero-order valence-electron chi connectivity index (χ0n) is 11.7. The van der Waals surface area contributed by atoms with Gasteiger partial charge in [0.2, 0.25) is 0 Å². The molecule has 0 aliphatic heterocycles. The van der Waals surface area contributed by atoms with Crippen LogP contribution in [-0.2, 0) is 4.74 Å². The number of hydrogen-bond donors (Lipinski definition) is 2. The van der Waals surface area contributed by atoms with Crippen molar-refractivity contribution < 1.29 is 14.3 Å². The highest BCUT2D eigenvalue weighted by Gasteiger charge is 2.28. The van der Waals surface area contributed by atoms with Crippen molar-refractivity contribution in [3.8, 4) is 0 Å². The molecule has 114 valence electrons. The highest BCUT2D eigenvalue weighted by Crippen LogP contribution is 2.33. The van der Waals surface area contributed by atoms with Crippen LogP contribution in [0.2, 0.25) is 0 Å². The van der Waals surface area contributed by atoms with E-state index in [0.717, 1.165) is 25.7 Å². The quantitative estimate of drug-likeness (QED) is 0.850. The summed E-state index contributed by atoms with van der Waals surface area (Å²) in [6.07, 6.45) is 5.99. The molecule has 21 heavy (non-hydrogen) atoms. The van der Waals surface area contributed by atoms with Crippen molar-refractivity contribution >= 4 is 12.0 Å². The Kier molecular flexibility index (Phi) is 3.76. The molecule has 8 nitrogen and oxygen atoms in total. The van der Waals surface area contributed by atoms with Crippen molar-refractivity contribution in [3.63, 3.8) is 0 Å². The molecule has 0 radical (unpaired) electrons. The predicted octanol–water partition coefficient (Wildman–Crippen LogP) is 0.749. The van der Waals surface area contributed by atoms with Gasteiger partial charge in [-0.25, -0.2) is 9.48 Å². The lowest BCUT2D eigenvalue weighted by Crippen LogP contribution is -2.40. The second-order valence-corrected chi connectivity index (χ2v) is 5.70. The minimum absolute atomic E-state index is 0.0799. The van der Waals surface area contributed by atoms with Crippen LogP contribution in [0.1, 0.15) is 55.1 Å². The van der Waals surface area contributed by atoms with E-state index < -0.39 is 6.09 Å². The topological polar surface area (TPSA) is 112 Å². The van der Waals surface area contributed by atoms with E-state index >= 15 is 0 Å². The van der Waals surface area contributed by atoms with Gasteiger partial charge < -0.3 is 15.8 Å². The third-order valence-corrected chi connectivity index (χ3v) is 3.96. The van der Waals surface area contributed by atoms with Gasteiger partial charge in [-0.15, -0.1) is 5.10 Å². The molecule has 0 unspecified atom stereocenters. The summed E-state index contributed by atoms with van der Waals surface area (Å²) in [5.74, 6) is -0.193. The van der Waals surface area contributed by atoms with Crippen LogP contribution in [0.5, 0.6) is 0 Å².